The fourth-order valence-electron chi connectivity index (χ4n) is 4.76. The summed E-state index contributed by atoms with van der Waals surface area (Å²) in [7, 11) is 6.25. The zero-order chi connectivity index (χ0) is 23.8. The van der Waals surface area contributed by atoms with Gasteiger partial charge in [0.25, 0.3) is 5.56 Å². The van der Waals surface area contributed by atoms with Crippen LogP contribution in [0.1, 0.15) is 36.1 Å². The number of hydrogen-bond donors (Lipinski definition) is 0. The van der Waals surface area contributed by atoms with Crippen LogP contribution >= 0.6 is 0 Å². The number of imidazole rings is 1. The number of fused-ring (bicyclic) bond motifs is 3. The maximum absolute atomic E-state index is 12.9. The molecule has 4 heterocycles. The zero-order valence-corrected chi connectivity index (χ0v) is 20.3. The first-order chi connectivity index (χ1) is 16.4. The number of aryl methyl sites for hydroxylation is 2. The molecule has 7 heteroatoms. The highest BCUT2D eigenvalue weighted by Crippen LogP contribution is 2.31. The molecule has 0 saturated heterocycles. The number of ether oxygens (including phenoxy) is 1. The number of allylic oxidation sites excluding steroid dienone is 1. The molecule has 0 fully saturated rings. The van der Waals surface area contributed by atoms with E-state index >= 15 is 0 Å². The summed E-state index contributed by atoms with van der Waals surface area (Å²) in [5.41, 5.74) is 5.51. The highest BCUT2D eigenvalue weighted by Gasteiger charge is 2.21. The Balaban J connectivity index is 1.37. The molecule has 0 spiro atoms. The summed E-state index contributed by atoms with van der Waals surface area (Å²) >= 11 is 0. The summed E-state index contributed by atoms with van der Waals surface area (Å²) in [6, 6.07) is 9.64. The Morgan fingerprint density at radius 3 is 2.79 bits per heavy atom. The first-order valence-electron chi connectivity index (χ1n) is 11.8. The summed E-state index contributed by atoms with van der Waals surface area (Å²) < 4.78 is 11.8. The van der Waals surface area contributed by atoms with Crippen LogP contribution in [0, 0.1) is 0 Å². The summed E-state index contributed by atoms with van der Waals surface area (Å²) in [6.45, 7) is 4.44. The molecule has 176 valence electrons. The van der Waals surface area contributed by atoms with E-state index in [-0.39, 0.29) is 5.56 Å². The Hall–Kier alpha value is -3.58. The summed E-state index contributed by atoms with van der Waals surface area (Å²) in [4.78, 5) is 19.9. The molecule has 0 atom stereocenters. The molecule has 0 aliphatic carbocycles. The fraction of sp³-hybridized carbons (Fsp3) is 0.333. The van der Waals surface area contributed by atoms with Gasteiger partial charge in [0.15, 0.2) is 0 Å². The summed E-state index contributed by atoms with van der Waals surface area (Å²) in [5.74, 6) is 1.43. The quantitative estimate of drug-likeness (QED) is 0.438. The van der Waals surface area contributed by atoms with Crippen molar-refractivity contribution in [2.75, 3.05) is 13.6 Å². The van der Waals surface area contributed by atoms with E-state index in [0.29, 0.717) is 12.4 Å². The Labute approximate surface area is 199 Å². The Morgan fingerprint density at radius 1 is 1.15 bits per heavy atom. The van der Waals surface area contributed by atoms with Crippen LogP contribution in [0.25, 0.3) is 22.7 Å². The van der Waals surface area contributed by atoms with Gasteiger partial charge in [-0.15, -0.1) is 0 Å². The molecule has 7 nitrogen and oxygen atoms in total. The second-order valence-electron chi connectivity index (χ2n) is 9.04. The lowest BCUT2D eigenvalue weighted by Crippen LogP contribution is -2.26. The molecule has 0 unspecified atom stereocenters. The minimum atomic E-state index is -0.122. The third kappa shape index (κ3) is 4.07. The molecule has 0 amide bonds. The van der Waals surface area contributed by atoms with Gasteiger partial charge in [0.2, 0.25) is 0 Å². The van der Waals surface area contributed by atoms with Crippen LogP contribution in [0.15, 0.2) is 53.6 Å². The lowest BCUT2D eigenvalue weighted by molar-refractivity contribution is 0.301. The van der Waals surface area contributed by atoms with Crippen molar-refractivity contribution in [1.29, 1.82) is 0 Å². The molecule has 1 aliphatic heterocycles. The fourth-order valence-corrected chi connectivity index (χ4v) is 4.76. The van der Waals surface area contributed by atoms with Crippen molar-refractivity contribution in [3.63, 3.8) is 0 Å². The molecule has 5 rings (SSSR count). The third-order valence-electron chi connectivity index (χ3n) is 6.60. The normalized spacial score (nSPS) is 14.2. The largest absolute Gasteiger partial charge is 0.487 e. The van der Waals surface area contributed by atoms with Crippen molar-refractivity contribution in [2.24, 2.45) is 14.1 Å². The van der Waals surface area contributed by atoms with Gasteiger partial charge >= 0.3 is 0 Å². The van der Waals surface area contributed by atoms with Gasteiger partial charge in [-0.1, -0.05) is 19.1 Å². The first kappa shape index (κ1) is 22.2. The number of aromatic nitrogens is 4. The summed E-state index contributed by atoms with van der Waals surface area (Å²) in [6.07, 6.45) is 9.82. The van der Waals surface area contributed by atoms with E-state index in [0.717, 1.165) is 48.7 Å². The zero-order valence-electron chi connectivity index (χ0n) is 20.3. The Kier molecular flexibility index (Phi) is 5.87. The second kappa shape index (κ2) is 8.99. The van der Waals surface area contributed by atoms with E-state index in [4.69, 9.17) is 4.74 Å². The van der Waals surface area contributed by atoms with Gasteiger partial charge in [0.1, 0.15) is 18.2 Å². The highest BCUT2D eigenvalue weighted by atomic mass is 16.5. The molecule has 0 bridgehead atoms. The van der Waals surface area contributed by atoms with Crippen LogP contribution in [-0.4, -0.2) is 37.2 Å². The maximum Gasteiger partial charge on any atom is 0.258 e. The van der Waals surface area contributed by atoms with E-state index in [2.05, 4.69) is 53.7 Å². The van der Waals surface area contributed by atoms with Crippen LogP contribution in [0.5, 0.6) is 5.75 Å². The second-order valence-corrected chi connectivity index (χ2v) is 9.04. The number of benzene rings is 1. The van der Waals surface area contributed by atoms with Gasteiger partial charge < -0.3 is 18.8 Å². The van der Waals surface area contributed by atoms with Gasteiger partial charge in [0, 0.05) is 63.1 Å². The minimum Gasteiger partial charge on any atom is -0.487 e. The van der Waals surface area contributed by atoms with Gasteiger partial charge in [0.05, 0.1) is 16.9 Å². The Morgan fingerprint density at radius 2 is 2.00 bits per heavy atom. The first-order valence-corrected chi connectivity index (χ1v) is 11.8. The van der Waals surface area contributed by atoms with Crippen LogP contribution in [0.2, 0.25) is 0 Å². The van der Waals surface area contributed by atoms with Crippen molar-refractivity contribution in [1.82, 2.24) is 23.6 Å². The van der Waals surface area contributed by atoms with Crippen LogP contribution in [0.4, 0.5) is 0 Å². The predicted molar refractivity (Wildman–Crippen MR) is 135 cm³/mol. The molecule has 3 aromatic heterocycles. The SMILES string of the molecule is CC/C=C\c1nc(COc2ccn(-c3ccc4c5c(n(C)c4c3)CCN(C)C5)c(=O)c2)cn1C. The van der Waals surface area contributed by atoms with Crippen molar-refractivity contribution >= 4 is 17.0 Å². The molecule has 0 N–H and O–H groups in total. The average Bonchev–Trinajstić information content (AvgIpc) is 3.32. The van der Waals surface area contributed by atoms with Gasteiger partial charge in [-0.3, -0.25) is 9.36 Å². The van der Waals surface area contributed by atoms with Gasteiger partial charge in [-0.05, 0) is 43.3 Å². The van der Waals surface area contributed by atoms with Crippen molar-refractivity contribution in [3.05, 3.63) is 81.9 Å². The van der Waals surface area contributed by atoms with Crippen LogP contribution in [0.3, 0.4) is 0 Å². The van der Waals surface area contributed by atoms with Crippen molar-refractivity contribution < 1.29 is 4.74 Å². The minimum absolute atomic E-state index is 0.122. The van der Waals surface area contributed by atoms with E-state index in [1.807, 2.05) is 36.0 Å². The topological polar surface area (TPSA) is 57.2 Å². The maximum atomic E-state index is 12.9. The number of nitrogens with zero attached hydrogens (tertiary/aromatic N) is 5. The lowest BCUT2D eigenvalue weighted by atomic mass is 10.0. The van der Waals surface area contributed by atoms with E-state index in [1.54, 1.807) is 10.8 Å². The Bertz CT molecular complexity index is 1440. The lowest BCUT2D eigenvalue weighted by Gasteiger charge is -2.23. The molecule has 34 heavy (non-hydrogen) atoms. The van der Waals surface area contributed by atoms with Crippen molar-refractivity contribution in [2.45, 2.75) is 32.9 Å². The average molecular weight is 458 g/mol. The highest BCUT2D eigenvalue weighted by molar-refractivity contribution is 5.87. The van der Waals surface area contributed by atoms with E-state index in [1.165, 1.54) is 22.7 Å². The number of likely N-dealkylation sites (N-methyl/N-ethyl adjacent to an activating group) is 1. The predicted octanol–water partition coefficient (Wildman–Crippen LogP) is 4.05. The monoisotopic (exact) mass is 457 g/mol. The van der Waals surface area contributed by atoms with Crippen LogP contribution < -0.4 is 10.3 Å². The van der Waals surface area contributed by atoms with Crippen molar-refractivity contribution in [3.8, 4) is 11.4 Å². The molecule has 1 aliphatic rings. The van der Waals surface area contributed by atoms with E-state index in [9.17, 15) is 4.79 Å². The third-order valence-corrected chi connectivity index (χ3v) is 6.60. The number of hydrogen-bond acceptors (Lipinski definition) is 4. The molecule has 0 saturated carbocycles. The number of pyridine rings is 1. The molecule has 1 aromatic carbocycles. The molecule has 4 aromatic rings. The van der Waals surface area contributed by atoms with Gasteiger partial charge in [-0.25, -0.2) is 4.98 Å². The smallest absolute Gasteiger partial charge is 0.258 e. The summed E-state index contributed by atoms with van der Waals surface area (Å²) in [5, 5.41) is 1.27. The van der Waals surface area contributed by atoms with Crippen LogP contribution in [-0.2, 0) is 33.7 Å². The molecular formula is C27H31N5O2. The molecular weight excluding hydrogens is 426 g/mol. The van der Waals surface area contributed by atoms with Gasteiger partial charge in [-0.2, -0.15) is 0 Å². The molecule has 0 radical (unpaired) electrons. The van der Waals surface area contributed by atoms with E-state index < -0.39 is 0 Å². The number of rotatable bonds is 6. The standard InChI is InChI=1S/C27H31N5O2/c1-5-6-7-26-28-19(16-30(26)3)18-34-21-10-13-32(27(33)15-21)20-8-9-22-23-17-29(2)12-11-24(23)31(4)25(22)14-20/h6-10,13-16H,5,11-12,17-18H2,1-4H3/b7-6-.